The van der Waals surface area contributed by atoms with Gasteiger partial charge in [0.2, 0.25) is 0 Å². The van der Waals surface area contributed by atoms with Gasteiger partial charge in [0, 0.05) is 0 Å². The SMILES string of the molecule is O=C1OC(=O)C(C(F)(F)F)=C1C(F)(F)F. The van der Waals surface area contributed by atoms with E-state index in [4.69, 9.17) is 0 Å². The van der Waals surface area contributed by atoms with E-state index in [0.717, 1.165) is 0 Å². The van der Waals surface area contributed by atoms with Gasteiger partial charge < -0.3 is 4.74 Å². The zero-order chi connectivity index (χ0) is 12.0. The summed E-state index contributed by atoms with van der Waals surface area (Å²) in [5.74, 6) is -4.67. The molecule has 15 heavy (non-hydrogen) atoms. The highest BCUT2D eigenvalue weighted by Gasteiger charge is 2.57. The van der Waals surface area contributed by atoms with Crippen LogP contribution in [0.2, 0.25) is 0 Å². The Labute approximate surface area is 77.3 Å². The van der Waals surface area contributed by atoms with Gasteiger partial charge in [-0.3, -0.25) is 0 Å². The number of alkyl halides is 6. The Hall–Kier alpha value is -1.54. The lowest BCUT2D eigenvalue weighted by Gasteiger charge is -2.08. The number of carbonyl (C=O) groups excluding carboxylic acids is 2. The lowest BCUT2D eigenvalue weighted by atomic mass is 10.1. The van der Waals surface area contributed by atoms with Gasteiger partial charge in [0.15, 0.2) is 11.1 Å². The van der Waals surface area contributed by atoms with Gasteiger partial charge in [-0.1, -0.05) is 0 Å². The van der Waals surface area contributed by atoms with Crippen molar-refractivity contribution in [2.75, 3.05) is 0 Å². The second-order valence-electron chi connectivity index (χ2n) is 2.42. The predicted molar refractivity (Wildman–Crippen MR) is 30.2 cm³/mol. The third-order valence-electron chi connectivity index (χ3n) is 1.41. The molecule has 0 aliphatic carbocycles. The van der Waals surface area contributed by atoms with Crippen molar-refractivity contribution in [2.24, 2.45) is 0 Å². The van der Waals surface area contributed by atoms with E-state index in [-0.39, 0.29) is 0 Å². The smallest absolute Gasteiger partial charge is 0.386 e. The number of cyclic esters (lactones) is 2. The molecule has 0 aromatic rings. The molecular weight excluding hydrogens is 234 g/mol. The van der Waals surface area contributed by atoms with Crippen LogP contribution in [0.3, 0.4) is 0 Å². The molecule has 0 amide bonds. The molecule has 0 aromatic heterocycles. The summed E-state index contributed by atoms with van der Waals surface area (Å²) in [5, 5.41) is 0. The van der Waals surface area contributed by atoms with Crippen molar-refractivity contribution in [1.82, 2.24) is 0 Å². The van der Waals surface area contributed by atoms with E-state index >= 15 is 0 Å². The van der Waals surface area contributed by atoms with E-state index in [0.29, 0.717) is 0 Å². The minimum atomic E-state index is -5.58. The van der Waals surface area contributed by atoms with Crippen LogP contribution in [0.15, 0.2) is 11.1 Å². The van der Waals surface area contributed by atoms with E-state index in [1.807, 2.05) is 0 Å². The number of rotatable bonds is 0. The molecule has 1 aliphatic rings. The zero-order valence-electron chi connectivity index (χ0n) is 6.49. The van der Waals surface area contributed by atoms with Crippen molar-refractivity contribution in [3.8, 4) is 0 Å². The summed E-state index contributed by atoms with van der Waals surface area (Å²) in [4.78, 5) is 20.7. The van der Waals surface area contributed by atoms with Gasteiger partial charge in [-0.05, 0) is 0 Å². The maximum absolute atomic E-state index is 12.0. The molecule has 0 bridgehead atoms. The second kappa shape index (κ2) is 2.97. The summed E-state index contributed by atoms with van der Waals surface area (Å²) in [6.07, 6.45) is -11.2. The van der Waals surface area contributed by atoms with Crippen LogP contribution in [-0.4, -0.2) is 24.3 Å². The van der Waals surface area contributed by atoms with Crippen LogP contribution >= 0.6 is 0 Å². The van der Waals surface area contributed by atoms with Crippen LogP contribution in [-0.2, 0) is 14.3 Å². The van der Waals surface area contributed by atoms with E-state index in [2.05, 4.69) is 4.74 Å². The van der Waals surface area contributed by atoms with Crippen LogP contribution in [0.1, 0.15) is 0 Å². The van der Waals surface area contributed by atoms with Crippen LogP contribution in [0.25, 0.3) is 0 Å². The van der Waals surface area contributed by atoms with Crippen LogP contribution < -0.4 is 0 Å². The Morgan fingerprint density at radius 3 is 1.20 bits per heavy atom. The molecule has 84 valence electrons. The molecule has 1 rings (SSSR count). The molecule has 1 heterocycles. The number of hydrogen-bond acceptors (Lipinski definition) is 3. The number of halogens is 6. The Balaban J connectivity index is 3.42. The predicted octanol–water partition coefficient (Wildman–Crippen LogP) is 1.49. The summed E-state index contributed by atoms with van der Waals surface area (Å²) in [6.45, 7) is 0. The summed E-state index contributed by atoms with van der Waals surface area (Å²) in [6, 6.07) is 0. The highest BCUT2D eigenvalue weighted by molar-refractivity contribution is 6.13. The van der Waals surface area contributed by atoms with E-state index in [1.54, 1.807) is 0 Å². The second-order valence-corrected chi connectivity index (χ2v) is 2.42. The average Bonchev–Trinajstić information content (AvgIpc) is 2.22. The van der Waals surface area contributed by atoms with Gasteiger partial charge in [0.05, 0.1) is 0 Å². The van der Waals surface area contributed by atoms with E-state index < -0.39 is 35.4 Å². The lowest BCUT2D eigenvalue weighted by molar-refractivity contribution is -0.156. The quantitative estimate of drug-likeness (QED) is 0.362. The number of esters is 2. The molecule has 0 spiro atoms. The van der Waals surface area contributed by atoms with Gasteiger partial charge in [-0.25, -0.2) is 9.59 Å². The lowest BCUT2D eigenvalue weighted by Crippen LogP contribution is -2.24. The molecule has 0 unspecified atom stereocenters. The van der Waals surface area contributed by atoms with Crippen molar-refractivity contribution in [3.63, 3.8) is 0 Å². The van der Waals surface area contributed by atoms with Crippen LogP contribution in [0, 0.1) is 0 Å². The summed E-state index contributed by atoms with van der Waals surface area (Å²) >= 11 is 0. The average molecular weight is 234 g/mol. The first-order valence-electron chi connectivity index (χ1n) is 3.20. The normalized spacial score (nSPS) is 18.5. The fourth-order valence-electron chi connectivity index (χ4n) is 0.905. The molecule has 3 nitrogen and oxygen atoms in total. The molecule has 0 atom stereocenters. The fraction of sp³-hybridized carbons (Fsp3) is 0.333. The van der Waals surface area contributed by atoms with E-state index in [1.165, 1.54) is 0 Å². The van der Waals surface area contributed by atoms with Gasteiger partial charge in [-0.2, -0.15) is 26.3 Å². The molecule has 0 aromatic carbocycles. The van der Waals surface area contributed by atoms with E-state index in [9.17, 15) is 35.9 Å². The standard InChI is InChI=1S/C6F6O3/c7-5(8,9)1-2(6(10,11)12)4(14)15-3(1)13. The summed E-state index contributed by atoms with van der Waals surface area (Å²) in [7, 11) is 0. The van der Waals surface area contributed by atoms with Crippen molar-refractivity contribution >= 4 is 11.9 Å². The number of carbonyl (C=O) groups is 2. The van der Waals surface area contributed by atoms with Crippen molar-refractivity contribution in [1.29, 1.82) is 0 Å². The van der Waals surface area contributed by atoms with Crippen molar-refractivity contribution < 1.29 is 40.7 Å². The van der Waals surface area contributed by atoms with Gasteiger partial charge in [-0.15, -0.1) is 0 Å². The number of ether oxygens (including phenoxy) is 1. The molecule has 1 aliphatic heterocycles. The first-order chi connectivity index (χ1) is 6.55. The van der Waals surface area contributed by atoms with Crippen LogP contribution in [0.4, 0.5) is 26.3 Å². The molecule has 0 N–H and O–H groups in total. The summed E-state index contributed by atoms with van der Waals surface area (Å²) < 4.78 is 75.0. The molecule has 0 radical (unpaired) electrons. The van der Waals surface area contributed by atoms with Crippen molar-refractivity contribution in [3.05, 3.63) is 11.1 Å². The van der Waals surface area contributed by atoms with Crippen molar-refractivity contribution in [2.45, 2.75) is 12.4 Å². The molecule has 9 heteroatoms. The highest BCUT2D eigenvalue weighted by atomic mass is 19.4. The maximum atomic E-state index is 12.0. The molecule has 0 fully saturated rings. The Morgan fingerprint density at radius 2 is 1.00 bits per heavy atom. The minimum Gasteiger partial charge on any atom is -0.386 e. The third-order valence-corrected chi connectivity index (χ3v) is 1.41. The minimum absolute atomic E-state index is 2.33. The first kappa shape index (κ1) is 11.5. The molecule has 0 saturated carbocycles. The topological polar surface area (TPSA) is 43.4 Å². The largest absolute Gasteiger partial charge is 0.424 e. The van der Waals surface area contributed by atoms with Crippen LogP contribution in [0.5, 0.6) is 0 Å². The highest BCUT2D eigenvalue weighted by Crippen LogP contribution is 2.40. The zero-order valence-corrected chi connectivity index (χ0v) is 6.49. The fourth-order valence-corrected chi connectivity index (χ4v) is 0.905. The third kappa shape index (κ3) is 1.95. The number of hydrogen-bond donors (Lipinski definition) is 0. The Kier molecular flexibility index (Phi) is 2.29. The molecule has 0 saturated heterocycles. The first-order valence-corrected chi connectivity index (χ1v) is 3.20. The molecular formula is C6F6O3. The summed E-state index contributed by atoms with van der Waals surface area (Å²) in [5.41, 5.74) is -5.22. The monoisotopic (exact) mass is 234 g/mol. The van der Waals surface area contributed by atoms with Gasteiger partial charge in [0.25, 0.3) is 0 Å². The van der Waals surface area contributed by atoms with Gasteiger partial charge in [0.1, 0.15) is 0 Å². The van der Waals surface area contributed by atoms with Gasteiger partial charge >= 0.3 is 24.3 Å². The maximum Gasteiger partial charge on any atom is 0.424 e. The Morgan fingerprint density at radius 1 is 0.733 bits per heavy atom. The Bertz CT molecular complexity index is 326.